The smallest absolute Gasteiger partial charge is 0.344 e. The number of carboxylic acid groups (broad SMARTS) is 1. The third kappa shape index (κ3) is 4.06. The lowest BCUT2D eigenvalue weighted by molar-refractivity contribution is -0.251. The summed E-state index contributed by atoms with van der Waals surface area (Å²) in [6.07, 6.45) is 0. The van der Waals surface area contributed by atoms with Gasteiger partial charge in [0.15, 0.2) is 0 Å². The third-order valence-corrected chi connectivity index (χ3v) is 5.42. The Bertz CT molecular complexity index is 908. The molecule has 0 spiro atoms. The Labute approximate surface area is 180 Å². The van der Waals surface area contributed by atoms with Crippen molar-refractivity contribution >= 4 is 40.8 Å². The van der Waals surface area contributed by atoms with Gasteiger partial charge in [-0.3, -0.25) is 0 Å². The van der Waals surface area contributed by atoms with E-state index in [0.29, 0.717) is 40.3 Å². The first-order valence-electron chi connectivity index (χ1n) is 9.18. The number of aliphatic imine (C=N–C) groups is 1. The molecule has 0 saturated heterocycles. The molecule has 1 aliphatic heterocycles. The quantitative estimate of drug-likeness (QED) is 0.688. The maximum atomic E-state index is 12.6. The van der Waals surface area contributed by atoms with Gasteiger partial charge in [0.05, 0.1) is 28.8 Å². The van der Waals surface area contributed by atoms with Crippen molar-refractivity contribution in [1.82, 2.24) is 5.06 Å². The van der Waals surface area contributed by atoms with Gasteiger partial charge in [-0.05, 0) is 17.7 Å². The second kappa shape index (κ2) is 8.22. The minimum absolute atomic E-state index is 0.353. The summed E-state index contributed by atoms with van der Waals surface area (Å²) >= 11 is 12.5. The van der Waals surface area contributed by atoms with Crippen LogP contribution in [0, 0.1) is 5.41 Å². The van der Waals surface area contributed by atoms with Crippen LogP contribution in [0.15, 0.2) is 53.5 Å². The molecule has 2 aromatic rings. The van der Waals surface area contributed by atoms with Crippen LogP contribution in [0.5, 0.6) is 0 Å². The Kier molecular flexibility index (Phi) is 6.08. The minimum Gasteiger partial charge on any atom is -0.479 e. The molecule has 154 valence electrons. The van der Waals surface area contributed by atoms with E-state index >= 15 is 0 Å². The van der Waals surface area contributed by atoms with Crippen LogP contribution in [0.2, 0.25) is 10.0 Å². The number of nitrogens with one attached hydrogen (secondary N) is 1. The number of hydrogen-bond donors (Lipinski definition) is 2. The number of carboxylic acids is 1. The molecule has 1 unspecified atom stereocenters. The van der Waals surface area contributed by atoms with Gasteiger partial charge >= 0.3 is 5.97 Å². The fourth-order valence-electron chi connectivity index (χ4n) is 3.30. The number of benzene rings is 2. The average Bonchev–Trinajstić information content (AvgIpc) is 3.09. The van der Waals surface area contributed by atoms with Crippen molar-refractivity contribution in [3.05, 3.63) is 64.1 Å². The van der Waals surface area contributed by atoms with E-state index in [2.05, 4.69) is 10.3 Å². The zero-order valence-corrected chi connectivity index (χ0v) is 18.0. The van der Waals surface area contributed by atoms with Crippen LogP contribution >= 0.6 is 23.2 Å². The molecule has 0 aromatic heterocycles. The highest BCUT2D eigenvalue weighted by molar-refractivity contribution is 6.39. The molecule has 2 N–H and O–H groups in total. The highest BCUT2D eigenvalue weighted by atomic mass is 35.5. The average molecular weight is 436 g/mol. The van der Waals surface area contributed by atoms with E-state index in [0.717, 1.165) is 0 Å². The lowest BCUT2D eigenvalue weighted by Gasteiger charge is -2.43. The molecule has 1 heterocycles. The molecule has 1 atom stereocenters. The number of hydroxylamine groups is 2. The summed E-state index contributed by atoms with van der Waals surface area (Å²) in [7, 11) is 0. The van der Waals surface area contributed by atoms with Crippen molar-refractivity contribution < 1.29 is 14.7 Å². The zero-order valence-electron chi connectivity index (χ0n) is 16.4. The molecule has 0 amide bonds. The van der Waals surface area contributed by atoms with E-state index in [1.807, 2.05) is 26.8 Å². The molecule has 1 aliphatic rings. The molecule has 0 radical (unpaired) electrons. The number of para-hydroxylation sites is 1. The SMILES string of the molecule is CC(C)(C)C(ON1CCN=C1Nc1c(Cl)cccc1Cl)(C(=O)O)c1ccccc1. The highest BCUT2D eigenvalue weighted by Crippen LogP contribution is 2.44. The second-order valence-corrected chi connectivity index (χ2v) is 8.54. The lowest BCUT2D eigenvalue weighted by Crippen LogP contribution is -2.54. The first kappa shape index (κ1) is 21.4. The van der Waals surface area contributed by atoms with Crippen LogP contribution in [-0.4, -0.2) is 35.2 Å². The Morgan fingerprint density at radius 3 is 2.28 bits per heavy atom. The van der Waals surface area contributed by atoms with Gasteiger partial charge in [-0.25, -0.2) is 19.7 Å². The molecule has 0 saturated carbocycles. The van der Waals surface area contributed by atoms with E-state index < -0.39 is 17.0 Å². The Morgan fingerprint density at radius 1 is 1.10 bits per heavy atom. The Hall–Kier alpha value is -2.28. The van der Waals surface area contributed by atoms with E-state index in [-0.39, 0.29) is 0 Å². The van der Waals surface area contributed by atoms with Gasteiger partial charge in [0, 0.05) is 5.41 Å². The minimum atomic E-state index is -1.63. The molecule has 3 rings (SSSR count). The molecular weight excluding hydrogens is 413 g/mol. The van der Waals surface area contributed by atoms with Crippen molar-refractivity contribution in [2.24, 2.45) is 10.4 Å². The van der Waals surface area contributed by atoms with E-state index in [9.17, 15) is 9.90 Å². The first-order chi connectivity index (χ1) is 13.7. The fraction of sp³-hybridized carbons (Fsp3) is 0.333. The van der Waals surface area contributed by atoms with Crippen molar-refractivity contribution in [2.75, 3.05) is 18.4 Å². The lowest BCUT2D eigenvalue weighted by atomic mass is 9.72. The fourth-order valence-corrected chi connectivity index (χ4v) is 3.79. The monoisotopic (exact) mass is 435 g/mol. The Morgan fingerprint density at radius 2 is 1.72 bits per heavy atom. The normalized spacial score (nSPS) is 16.3. The number of rotatable bonds is 5. The van der Waals surface area contributed by atoms with Crippen LogP contribution in [0.3, 0.4) is 0 Å². The van der Waals surface area contributed by atoms with Gasteiger partial charge in [0.2, 0.25) is 11.6 Å². The molecule has 8 heteroatoms. The largest absolute Gasteiger partial charge is 0.479 e. The molecule has 2 aromatic carbocycles. The van der Waals surface area contributed by atoms with Crippen molar-refractivity contribution in [3.8, 4) is 0 Å². The zero-order chi connectivity index (χ0) is 21.2. The first-order valence-corrected chi connectivity index (χ1v) is 9.93. The summed E-state index contributed by atoms with van der Waals surface area (Å²) in [5.41, 5.74) is -1.37. The van der Waals surface area contributed by atoms with Crippen molar-refractivity contribution in [3.63, 3.8) is 0 Å². The van der Waals surface area contributed by atoms with Crippen LogP contribution in [-0.2, 0) is 15.2 Å². The van der Waals surface area contributed by atoms with Gasteiger partial charge in [0.25, 0.3) is 0 Å². The van der Waals surface area contributed by atoms with E-state index in [4.69, 9.17) is 28.0 Å². The van der Waals surface area contributed by atoms with Crippen LogP contribution in [0.4, 0.5) is 5.69 Å². The highest BCUT2D eigenvalue weighted by Gasteiger charge is 2.54. The molecular formula is C21H23Cl2N3O3. The van der Waals surface area contributed by atoms with Crippen molar-refractivity contribution in [1.29, 1.82) is 0 Å². The summed E-state index contributed by atoms with van der Waals surface area (Å²) in [5.74, 6) is -0.732. The Balaban J connectivity index is 1.98. The van der Waals surface area contributed by atoms with Gasteiger partial charge in [0.1, 0.15) is 0 Å². The number of anilines is 1. The summed E-state index contributed by atoms with van der Waals surface area (Å²) in [6.45, 7) is 6.33. The van der Waals surface area contributed by atoms with Gasteiger partial charge in [-0.1, -0.05) is 80.4 Å². The number of aliphatic carboxylic acids is 1. The van der Waals surface area contributed by atoms with Crippen molar-refractivity contribution in [2.45, 2.75) is 26.4 Å². The van der Waals surface area contributed by atoms with E-state index in [1.54, 1.807) is 42.5 Å². The topological polar surface area (TPSA) is 74.2 Å². The molecule has 0 aliphatic carbocycles. The maximum absolute atomic E-state index is 12.6. The number of hydrogen-bond acceptors (Lipinski definition) is 5. The van der Waals surface area contributed by atoms with Gasteiger partial charge in [-0.2, -0.15) is 0 Å². The number of halogens is 2. The van der Waals surface area contributed by atoms with Gasteiger partial charge < -0.3 is 10.4 Å². The van der Waals surface area contributed by atoms with Crippen LogP contribution in [0.25, 0.3) is 0 Å². The third-order valence-electron chi connectivity index (χ3n) is 4.79. The summed E-state index contributed by atoms with van der Waals surface area (Å²) < 4.78 is 0. The standard InChI is InChI=1S/C21H23Cl2N3O3/c1-20(2,3)21(18(27)28,14-8-5-4-6-9-14)29-26-13-12-24-19(26)25-17-15(22)10-7-11-16(17)23/h4-11H,12-13H2,1-3H3,(H,24,25)(H,27,28). The second-order valence-electron chi connectivity index (χ2n) is 7.72. The predicted octanol–water partition coefficient (Wildman–Crippen LogP) is 5.03. The molecule has 6 nitrogen and oxygen atoms in total. The summed E-state index contributed by atoms with van der Waals surface area (Å²) in [4.78, 5) is 23.2. The number of carbonyl (C=O) groups is 1. The molecule has 29 heavy (non-hydrogen) atoms. The van der Waals surface area contributed by atoms with Crippen LogP contribution in [0.1, 0.15) is 26.3 Å². The maximum Gasteiger partial charge on any atom is 0.344 e. The van der Waals surface area contributed by atoms with E-state index in [1.165, 1.54) is 5.06 Å². The number of nitrogens with zero attached hydrogens (tertiary/aromatic N) is 2. The summed E-state index contributed by atoms with van der Waals surface area (Å²) in [6, 6.07) is 14.1. The summed E-state index contributed by atoms with van der Waals surface area (Å²) in [5, 5.41) is 15.7. The molecule has 0 fully saturated rings. The molecule has 0 bridgehead atoms. The van der Waals surface area contributed by atoms with Crippen LogP contribution < -0.4 is 5.32 Å². The number of guanidine groups is 1. The van der Waals surface area contributed by atoms with Gasteiger partial charge in [-0.15, -0.1) is 0 Å². The predicted molar refractivity (Wildman–Crippen MR) is 115 cm³/mol.